The van der Waals surface area contributed by atoms with Crippen molar-refractivity contribution in [1.29, 1.82) is 0 Å². The molecule has 0 aliphatic carbocycles. The van der Waals surface area contributed by atoms with E-state index in [9.17, 15) is 22.8 Å². The lowest BCUT2D eigenvalue weighted by Gasteiger charge is -2.10. The van der Waals surface area contributed by atoms with Crippen molar-refractivity contribution >= 4 is 28.3 Å². The maximum atomic E-state index is 12.0. The molecule has 1 aromatic rings. The van der Waals surface area contributed by atoms with Gasteiger partial charge >= 0.3 is 18.2 Å². The first kappa shape index (κ1) is 17.3. The summed E-state index contributed by atoms with van der Waals surface area (Å²) in [4.78, 5) is 24.0. The molecule has 0 aliphatic rings. The van der Waals surface area contributed by atoms with Gasteiger partial charge in [0, 0.05) is 4.88 Å². The van der Waals surface area contributed by atoms with Crippen LogP contribution < -0.4 is 10.6 Å². The number of halogens is 3. The summed E-state index contributed by atoms with van der Waals surface area (Å²) in [5.74, 6) is -0.620. The summed E-state index contributed by atoms with van der Waals surface area (Å²) in [6.07, 6.45) is -4.50. The summed E-state index contributed by atoms with van der Waals surface area (Å²) < 4.78 is 40.9. The summed E-state index contributed by atoms with van der Waals surface area (Å²) in [5, 5.41) is 4.10. The number of urea groups is 1. The van der Waals surface area contributed by atoms with Gasteiger partial charge in [0.1, 0.15) is 11.5 Å². The van der Waals surface area contributed by atoms with Crippen molar-refractivity contribution < 1.29 is 27.5 Å². The molecular formula is C12H15F3N2O3S. The highest BCUT2D eigenvalue weighted by Gasteiger charge is 2.28. The number of carbonyl (C=O) groups excluding carboxylic acids is 2. The monoisotopic (exact) mass is 324 g/mol. The van der Waals surface area contributed by atoms with Gasteiger partial charge in [0.25, 0.3) is 0 Å². The zero-order valence-corrected chi connectivity index (χ0v) is 12.5. The third-order valence-corrected chi connectivity index (χ3v) is 3.66. The normalized spacial score (nSPS) is 11.1. The number of anilines is 1. The van der Waals surface area contributed by atoms with E-state index in [0.29, 0.717) is 5.56 Å². The van der Waals surface area contributed by atoms with Crippen LogP contribution in [0, 0.1) is 13.8 Å². The van der Waals surface area contributed by atoms with Gasteiger partial charge < -0.3 is 10.1 Å². The molecule has 0 atom stereocenters. The minimum absolute atomic E-state index is 0.160. The number of hydrogen-bond donors (Lipinski definition) is 2. The van der Waals surface area contributed by atoms with Crippen LogP contribution in [0.2, 0.25) is 0 Å². The van der Waals surface area contributed by atoms with Crippen LogP contribution in [0.1, 0.15) is 27.7 Å². The number of nitrogens with one attached hydrogen (secondary N) is 2. The number of carbonyl (C=O) groups is 2. The van der Waals surface area contributed by atoms with Gasteiger partial charge in [-0.3, -0.25) is 5.32 Å². The molecule has 0 unspecified atom stereocenters. The third-order valence-electron chi connectivity index (χ3n) is 2.54. The van der Waals surface area contributed by atoms with Gasteiger partial charge in [-0.25, -0.2) is 9.59 Å². The Bertz CT molecular complexity index is 541. The summed E-state index contributed by atoms with van der Waals surface area (Å²) in [5.41, 5.74) is 0.797. The Morgan fingerprint density at radius 3 is 2.43 bits per heavy atom. The molecule has 118 valence electrons. The number of hydrogen-bond acceptors (Lipinski definition) is 4. The van der Waals surface area contributed by atoms with Crippen molar-refractivity contribution in [3.8, 4) is 0 Å². The highest BCUT2D eigenvalue weighted by molar-refractivity contribution is 7.16. The smallest absolute Gasteiger partial charge is 0.405 e. The molecule has 1 aromatic heterocycles. The molecule has 2 amide bonds. The highest BCUT2D eigenvalue weighted by atomic mass is 32.1. The standard InChI is InChI=1S/C12H15F3N2O3S/c1-4-20-10(18)8-6(2)7(3)21-9(8)17-11(19)16-5-12(13,14)15/h4-5H2,1-3H3,(H2,16,17,19). The molecule has 5 nitrogen and oxygen atoms in total. The quantitative estimate of drug-likeness (QED) is 0.836. The van der Waals surface area contributed by atoms with Gasteiger partial charge in [0.15, 0.2) is 0 Å². The Morgan fingerprint density at radius 2 is 1.90 bits per heavy atom. The summed E-state index contributed by atoms with van der Waals surface area (Å²) in [6, 6.07) is -1.03. The van der Waals surface area contributed by atoms with Gasteiger partial charge in [-0.15, -0.1) is 11.3 Å². The summed E-state index contributed by atoms with van der Waals surface area (Å²) in [7, 11) is 0. The number of amides is 2. The summed E-state index contributed by atoms with van der Waals surface area (Å²) >= 11 is 1.10. The van der Waals surface area contributed by atoms with E-state index in [1.165, 1.54) is 0 Å². The van der Waals surface area contributed by atoms with E-state index >= 15 is 0 Å². The van der Waals surface area contributed by atoms with Crippen molar-refractivity contribution in [2.45, 2.75) is 26.9 Å². The molecule has 0 saturated carbocycles. The molecule has 0 fully saturated rings. The van der Waals surface area contributed by atoms with E-state index in [1.807, 2.05) is 0 Å². The zero-order chi connectivity index (χ0) is 16.2. The highest BCUT2D eigenvalue weighted by Crippen LogP contribution is 2.33. The molecule has 2 N–H and O–H groups in total. The second-order valence-corrected chi connectivity index (χ2v) is 5.36. The van der Waals surface area contributed by atoms with Gasteiger partial charge in [0.05, 0.1) is 12.2 Å². The number of alkyl halides is 3. The van der Waals surface area contributed by atoms with E-state index in [0.717, 1.165) is 16.2 Å². The second kappa shape index (κ2) is 6.79. The van der Waals surface area contributed by atoms with Gasteiger partial charge in [-0.2, -0.15) is 13.2 Å². The molecule has 0 bridgehead atoms. The Morgan fingerprint density at radius 1 is 1.29 bits per heavy atom. The minimum Gasteiger partial charge on any atom is -0.462 e. The van der Waals surface area contributed by atoms with Crippen molar-refractivity contribution in [2.75, 3.05) is 18.5 Å². The average Bonchev–Trinajstić information content (AvgIpc) is 2.62. The SMILES string of the molecule is CCOC(=O)c1c(NC(=O)NCC(F)(F)F)sc(C)c1C. The Balaban J connectivity index is 2.86. The number of aryl methyl sites for hydroxylation is 1. The van der Waals surface area contributed by atoms with E-state index < -0.39 is 24.7 Å². The number of rotatable bonds is 4. The van der Waals surface area contributed by atoms with E-state index in [4.69, 9.17) is 4.74 Å². The lowest BCUT2D eigenvalue weighted by molar-refractivity contribution is -0.122. The van der Waals surface area contributed by atoms with Crippen molar-refractivity contribution in [2.24, 2.45) is 0 Å². The van der Waals surface area contributed by atoms with Crippen molar-refractivity contribution in [3.63, 3.8) is 0 Å². The predicted octanol–water partition coefficient (Wildman–Crippen LogP) is 3.23. The molecule has 0 radical (unpaired) electrons. The fourth-order valence-corrected chi connectivity index (χ4v) is 2.54. The van der Waals surface area contributed by atoms with Crippen molar-refractivity contribution in [1.82, 2.24) is 5.32 Å². The molecule has 21 heavy (non-hydrogen) atoms. The zero-order valence-electron chi connectivity index (χ0n) is 11.7. The Labute approximate surface area is 123 Å². The molecule has 1 heterocycles. The number of esters is 1. The van der Waals surface area contributed by atoms with Gasteiger partial charge in [-0.1, -0.05) is 0 Å². The molecular weight excluding hydrogens is 309 g/mol. The molecule has 9 heteroatoms. The fraction of sp³-hybridized carbons (Fsp3) is 0.500. The second-order valence-electron chi connectivity index (χ2n) is 4.13. The largest absolute Gasteiger partial charge is 0.462 e. The van der Waals surface area contributed by atoms with E-state index in [-0.39, 0.29) is 17.2 Å². The molecule has 1 rings (SSSR count). The molecule has 0 aliphatic heterocycles. The third kappa shape index (κ3) is 4.92. The first-order valence-corrected chi connectivity index (χ1v) is 6.86. The number of thiophene rings is 1. The van der Waals surface area contributed by atoms with Crippen LogP contribution in [-0.4, -0.2) is 31.3 Å². The van der Waals surface area contributed by atoms with Crippen LogP contribution in [0.25, 0.3) is 0 Å². The fourth-order valence-electron chi connectivity index (χ4n) is 1.49. The lowest BCUT2D eigenvalue weighted by Crippen LogP contribution is -2.36. The van der Waals surface area contributed by atoms with Crippen LogP contribution in [0.4, 0.5) is 23.0 Å². The predicted molar refractivity (Wildman–Crippen MR) is 72.8 cm³/mol. The maximum absolute atomic E-state index is 12.0. The average molecular weight is 324 g/mol. The van der Waals surface area contributed by atoms with Gasteiger partial charge in [0.2, 0.25) is 0 Å². The maximum Gasteiger partial charge on any atom is 0.405 e. The lowest BCUT2D eigenvalue weighted by atomic mass is 10.1. The topological polar surface area (TPSA) is 67.4 Å². The Hall–Kier alpha value is -1.77. The van der Waals surface area contributed by atoms with Gasteiger partial charge in [-0.05, 0) is 26.3 Å². The first-order chi connectivity index (χ1) is 9.65. The molecule has 0 spiro atoms. The number of ether oxygens (including phenoxy) is 1. The van der Waals surface area contributed by atoms with Crippen LogP contribution in [-0.2, 0) is 4.74 Å². The van der Waals surface area contributed by atoms with E-state index in [2.05, 4.69) is 5.32 Å². The molecule has 0 aromatic carbocycles. The summed E-state index contributed by atoms with van der Waals surface area (Å²) in [6.45, 7) is 3.76. The van der Waals surface area contributed by atoms with E-state index in [1.54, 1.807) is 26.1 Å². The van der Waals surface area contributed by atoms with Crippen LogP contribution in [0.5, 0.6) is 0 Å². The van der Waals surface area contributed by atoms with Crippen LogP contribution >= 0.6 is 11.3 Å². The van der Waals surface area contributed by atoms with Crippen LogP contribution in [0.15, 0.2) is 0 Å². The minimum atomic E-state index is -4.50. The first-order valence-electron chi connectivity index (χ1n) is 6.04. The Kier molecular flexibility index (Phi) is 5.59. The van der Waals surface area contributed by atoms with Crippen molar-refractivity contribution in [3.05, 3.63) is 16.0 Å². The van der Waals surface area contributed by atoms with Crippen LogP contribution in [0.3, 0.4) is 0 Å². The molecule has 0 saturated heterocycles.